The molecule has 0 radical (unpaired) electrons. The van der Waals surface area contributed by atoms with Crippen molar-refractivity contribution >= 4 is 21.9 Å². The molecule has 1 saturated carbocycles. The summed E-state index contributed by atoms with van der Waals surface area (Å²) in [5.41, 5.74) is 5.00. The summed E-state index contributed by atoms with van der Waals surface area (Å²) >= 11 is 0. The summed E-state index contributed by atoms with van der Waals surface area (Å²) in [4.78, 5) is 20.2. The lowest BCUT2D eigenvalue weighted by Gasteiger charge is -2.28. The Hall–Kier alpha value is -3.16. The van der Waals surface area contributed by atoms with Crippen molar-refractivity contribution in [2.75, 3.05) is 34.4 Å². The topological polar surface area (TPSA) is 61.5 Å². The molecule has 0 saturated heterocycles. The number of aromatic nitrogens is 3. The maximum Gasteiger partial charge on any atom is 0.329 e. The maximum absolute atomic E-state index is 13.4. The molecular formula is C29H36N4O3. The number of nitrogens with zero attached hydrogens (tertiary/aromatic N) is 4. The molecule has 2 heterocycles. The summed E-state index contributed by atoms with van der Waals surface area (Å²) in [5, 5.41) is 1.01. The number of pyridine rings is 1. The highest BCUT2D eigenvalue weighted by atomic mass is 16.5. The van der Waals surface area contributed by atoms with Crippen LogP contribution in [0.25, 0.3) is 33.1 Å². The number of benzene rings is 2. The van der Waals surface area contributed by atoms with Crippen LogP contribution in [0.5, 0.6) is 5.75 Å². The number of hydrogen-bond acceptors (Lipinski definition) is 5. The van der Waals surface area contributed by atoms with Gasteiger partial charge in [-0.05, 0) is 81.6 Å². The fourth-order valence-electron chi connectivity index (χ4n) is 5.40. The van der Waals surface area contributed by atoms with Gasteiger partial charge in [0.1, 0.15) is 5.75 Å². The molecule has 2 aromatic heterocycles. The van der Waals surface area contributed by atoms with Crippen molar-refractivity contribution < 1.29 is 9.47 Å². The van der Waals surface area contributed by atoms with Gasteiger partial charge in [0.25, 0.3) is 0 Å². The van der Waals surface area contributed by atoms with Gasteiger partial charge in [-0.15, -0.1) is 0 Å². The molecule has 5 rings (SSSR count). The van der Waals surface area contributed by atoms with Crippen molar-refractivity contribution in [3.05, 3.63) is 59.1 Å². The smallest absolute Gasteiger partial charge is 0.329 e. The molecule has 0 unspecified atom stereocenters. The zero-order valence-corrected chi connectivity index (χ0v) is 21.7. The number of fused-ring (bicyclic) bond motifs is 3. The van der Waals surface area contributed by atoms with E-state index in [2.05, 4.69) is 54.3 Å². The summed E-state index contributed by atoms with van der Waals surface area (Å²) in [6, 6.07) is 14.8. The summed E-state index contributed by atoms with van der Waals surface area (Å²) < 4.78 is 15.2. The van der Waals surface area contributed by atoms with E-state index in [9.17, 15) is 4.79 Å². The molecule has 7 nitrogen and oxygen atoms in total. The number of rotatable bonds is 8. The molecule has 0 aliphatic heterocycles. The molecule has 1 aliphatic carbocycles. The van der Waals surface area contributed by atoms with Crippen LogP contribution in [0.2, 0.25) is 0 Å². The third-order valence-electron chi connectivity index (χ3n) is 7.46. The molecule has 7 heteroatoms. The average Bonchev–Trinajstić information content (AvgIpc) is 3.16. The van der Waals surface area contributed by atoms with E-state index < -0.39 is 0 Å². The van der Waals surface area contributed by atoms with Crippen molar-refractivity contribution in [1.82, 2.24) is 19.0 Å². The van der Waals surface area contributed by atoms with Crippen LogP contribution in [0.4, 0.5) is 0 Å². The quantitative estimate of drug-likeness (QED) is 0.326. The lowest BCUT2D eigenvalue weighted by atomic mass is 9.92. The third kappa shape index (κ3) is 4.77. The second-order valence-corrected chi connectivity index (χ2v) is 10.1. The Labute approximate surface area is 212 Å². The van der Waals surface area contributed by atoms with Crippen molar-refractivity contribution in [2.45, 2.75) is 44.2 Å². The van der Waals surface area contributed by atoms with Crippen molar-refractivity contribution in [3.8, 4) is 16.9 Å². The van der Waals surface area contributed by atoms with Gasteiger partial charge in [-0.3, -0.25) is 14.1 Å². The Balaban J connectivity index is 1.49. The molecule has 36 heavy (non-hydrogen) atoms. The predicted octanol–water partition coefficient (Wildman–Crippen LogP) is 5.02. The molecule has 1 aliphatic rings. The normalized spacial score (nSPS) is 18.4. The van der Waals surface area contributed by atoms with E-state index in [-0.39, 0.29) is 17.8 Å². The van der Waals surface area contributed by atoms with Gasteiger partial charge in [-0.1, -0.05) is 18.2 Å². The summed E-state index contributed by atoms with van der Waals surface area (Å²) in [7, 11) is 7.76. The highest BCUT2D eigenvalue weighted by Gasteiger charge is 2.26. The Morgan fingerprint density at radius 2 is 1.75 bits per heavy atom. The van der Waals surface area contributed by atoms with E-state index in [0.717, 1.165) is 77.5 Å². The first kappa shape index (κ1) is 24.5. The molecule has 1 fully saturated rings. The number of ether oxygens (including phenoxy) is 2. The van der Waals surface area contributed by atoms with E-state index >= 15 is 0 Å². The van der Waals surface area contributed by atoms with Crippen molar-refractivity contribution in [2.24, 2.45) is 7.05 Å². The fraction of sp³-hybridized carbons (Fsp3) is 0.448. The maximum atomic E-state index is 13.4. The van der Waals surface area contributed by atoms with E-state index in [1.165, 1.54) is 0 Å². The zero-order chi connectivity index (χ0) is 25.2. The first-order chi connectivity index (χ1) is 17.5. The summed E-state index contributed by atoms with van der Waals surface area (Å²) in [6.45, 7) is 1.71. The minimum absolute atomic E-state index is 0.0290. The van der Waals surface area contributed by atoms with Crippen molar-refractivity contribution in [3.63, 3.8) is 0 Å². The molecule has 0 N–H and O–H groups in total. The highest BCUT2D eigenvalue weighted by Crippen LogP contribution is 2.35. The van der Waals surface area contributed by atoms with Gasteiger partial charge >= 0.3 is 5.69 Å². The van der Waals surface area contributed by atoms with Gasteiger partial charge in [-0.2, -0.15) is 0 Å². The SMILES string of the molecule is COC1CCC(n2c(=O)n(C)c3cnc4ccc(-c5ccc(OCCCN(C)C)cc5)cc4c32)CC1. The van der Waals surface area contributed by atoms with Crippen LogP contribution in [0.1, 0.15) is 38.1 Å². The molecular weight excluding hydrogens is 452 g/mol. The molecule has 0 bridgehead atoms. The number of aryl methyl sites for hydroxylation is 1. The Bertz CT molecular complexity index is 1400. The van der Waals surface area contributed by atoms with Gasteiger partial charge in [0, 0.05) is 32.1 Å². The Kier molecular flexibility index (Phi) is 7.12. The first-order valence-corrected chi connectivity index (χ1v) is 12.9. The molecule has 4 aromatic rings. The summed E-state index contributed by atoms with van der Waals surface area (Å²) in [6.07, 6.45) is 6.95. The fourth-order valence-corrected chi connectivity index (χ4v) is 5.40. The lowest BCUT2D eigenvalue weighted by Crippen LogP contribution is -2.30. The monoisotopic (exact) mass is 488 g/mol. The van der Waals surface area contributed by atoms with Gasteiger partial charge in [0.05, 0.1) is 35.5 Å². The lowest BCUT2D eigenvalue weighted by molar-refractivity contribution is 0.0585. The van der Waals surface area contributed by atoms with Crippen LogP contribution in [-0.2, 0) is 11.8 Å². The molecule has 2 aromatic carbocycles. The van der Waals surface area contributed by atoms with E-state index in [0.29, 0.717) is 6.61 Å². The summed E-state index contributed by atoms with van der Waals surface area (Å²) in [5.74, 6) is 0.880. The van der Waals surface area contributed by atoms with Crippen LogP contribution in [-0.4, -0.2) is 59.5 Å². The number of hydrogen-bond donors (Lipinski definition) is 0. The minimum atomic E-state index is 0.0290. The van der Waals surface area contributed by atoms with Crippen LogP contribution in [0.15, 0.2) is 53.5 Å². The Morgan fingerprint density at radius 3 is 2.44 bits per heavy atom. The van der Waals surface area contributed by atoms with Gasteiger partial charge < -0.3 is 14.4 Å². The number of imidazole rings is 1. The van der Waals surface area contributed by atoms with Gasteiger partial charge in [0.2, 0.25) is 0 Å². The van der Waals surface area contributed by atoms with E-state index in [4.69, 9.17) is 9.47 Å². The minimum Gasteiger partial charge on any atom is -0.494 e. The standard InChI is InChI=1S/C29H36N4O3/c1-31(2)16-5-17-36-24-11-6-20(7-12-24)21-8-15-26-25(18-21)28-27(19-30-26)32(3)29(34)33(28)22-9-13-23(35-4)14-10-22/h6-8,11-12,15,18-19,22-23H,5,9-10,13-14,16-17H2,1-4H3. The molecule has 190 valence electrons. The Morgan fingerprint density at radius 1 is 1.03 bits per heavy atom. The van der Waals surface area contributed by atoms with Gasteiger partial charge in [0.15, 0.2) is 0 Å². The van der Waals surface area contributed by atoms with Crippen LogP contribution in [0, 0.1) is 0 Å². The highest BCUT2D eigenvalue weighted by molar-refractivity contribution is 6.04. The average molecular weight is 489 g/mol. The van der Waals surface area contributed by atoms with Gasteiger partial charge in [-0.25, -0.2) is 4.79 Å². The number of methoxy groups -OCH3 is 1. The molecule has 0 amide bonds. The first-order valence-electron chi connectivity index (χ1n) is 12.9. The second kappa shape index (κ2) is 10.4. The second-order valence-electron chi connectivity index (χ2n) is 10.1. The largest absolute Gasteiger partial charge is 0.494 e. The van der Waals surface area contributed by atoms with Crippen LogP contribution < -0.4 is 10.4 Å². The van der Waals surface area contributed by atoms with Crippen LogP contribution in [0.3, 0.4) is 0 Å². The van der Waals surface area contributed by atoms with Crippen LogP contribution >= 0.6 is 0 Å². The zero-order valence-electron chi connectivity index (χ0n) is 21.7. The van der Waals surface area contributed by atoms with E-state index in [1.54, 1.807) is 11.7 Å². The van der Waals surface area contributed by atoms with Crippen molar-refractivity contribution in [1.29, 1.82) is 0 Å². The van der Waals surface area contributed by atoms with E-state index in [1.807, 2.05) is 29.9 Å². The third-order valence-corrected chi connectivity index (χ3v) is 7.46. The molecule has 0 atom stereocenters. The molecule has 0 spiro atoms. The predicted molar refractivity (Wildman–Crippen MR) is 145 cm³/mol.